The van der Waals surface area contributed by atoms with Crippen molar-refractivity contribution in [3.05, 3.63) is 34.8 Å². The largest absolute Gasteiger partial charge is 0.480 e. The van der Waals surface area contributed by atoms with Gasteiger partial charge in [-0.05, 0) is 24.3 Å². The molecule has 2 aromatic heterocycles. The van der Waals surface area contributed by atoms with Crippen LogP contribution in [0, 0.1) is 0 Å². The zero-order chi connectivity index (χ0) is 16.1. The summed E-state index contributed by atoms with van der Waals surface area (Å²) in [5.74, 6) is 1.00. The minimum absolute atomic E-state index is 0.0579. The number of hydrogen-bond acceptors (Lipinski definition) is 6. The maximum atomic E-state index is 12.4. The molecule has 0 aromatic carbocycles. The fraction of sp³-hybridized carbons (Fsp3) is 0.438. The lowest BCUT2D eigenvalue weighted by Gasteiger charge is -2.32. The first-order chi connectivity index (χ1) is 11.2. The van der Waals surface area contributed by atoms with E-state index >= 15 is 0 Å². The van der Waals surface area contributed by atoms with Gasteiger partial charge >= 0.3 is 0 Å². The molecule has 1 aliphatic rings. The quantitative estimate of drug-likeness (QED) is 0.839. The summed E-state index contributed by atoms with van der Waals surface area (Å²) in [7, 11) is 1.54. The Morgan fingerprint density at radius 3 is 3.09 bits per heavy atom. The van der Waals surface area contributed by atoms with Gasteiger partial charge in [0.25, 0.3) is 0 Å². The molecule has 0 unspecified atom stereocenters. The lowest BCUT2D eigenvalue weighted by Crippen LogP contribution is -2.45. The van der Waals surface area contributed by atoms with Crippen LogP contribution in [0.25, 0.3) is 0 Å². The number of rotatable bonds is 5. The molecule has 23 heavy (non-hydrogen) atoms. The number of carbonyl (C=O) groups is 1. The van der Waals surface area contributed by atoms with E-state index in [2.05, 4.69) is 9.97 Å². The number of hydrogen-bond donors (Lipinski definition) is 0. The van der Waals surface area contributed by atoms with Crippen molar-refractivity contribution in [2.24, 2.45) is 0 Å². The third-order valence-electron chi connectivity index (χ3n) is 3.72. The third kappa shape index (κ3) is 4.19. The van der Waals surface area contributed by atoms with Gasteiger partial charge < -0.3 is 14.4 Å². The minimum Gasteiger partial charge on any atom is -0.480 e. The fourth-order valence-corrected chi connectivity index (χ4v) is 3.29. The Labute approximate surface area is 139 Å². The van der Waals surface area contributed by atoms with Crippen LogP contribution in [0.4, 0.5) is 0 Å². The lowest BCUT2D eigenvalue weighted by atomic mass is 10.1. The molecule has 3 heterocycles. The number of amides is 1. The van der Waals surface area contributed by atoms with Crippen LogP contribution in [-0.2, 0) is 11.2 Å². The van der Waals surface area contributed by atoms with Gasteiger partial charge in [0.2, 0.25) is 17.7 Å². The van der Waals surface area contributed by atoms with E-state index in [4.69, 9.17) is 9.47 Å². The lowest BCUT2D eigenvalue weighted by molar-refractivity contribution is -0.133. The van der Waals surface area contributed by atoms with Gasteiger partial charge in [0.1, 0.15) is 6.10 Å². The average molecular weight is 333 g/mol. The van der Waals surface area contributed by atoms with Gasteiger partial charge in [-0.3, -0.25) is 9.78 Å². The first kappa shape index (κ1) is 15.7. The van der Waals surface area contributed by atoms with Crippen molar-refractivity contribution >= 4 is 17.2 Å². The van der Waals surface area contributed by atoms with Crippen LogP contribution in [-0.4, -0.2) is 47.1 Å². The van der Waals surface area contributed by atoms with E-state index < -0.39 is 0 Å². The molecule has 0 saturated carbocycles. The van der Waals surface area contributed by atoms with Crippen molar-refractivity contribution in [1.29, 1.82) is 0 Å². The summed E-state index contributed by atoms with van der Waals surface area (Å²) in [5, 5.41) is 1.99. The van der Waals surface area contributed by atoms with Crippen LogP contribution in [0.5, 0.6) is 11.8 Å². The van der Waals surface area contributed by atoms with Gasteiger partial charge in [-0.2, -0.15) is 4.98 Å². The Morgan fingerprint density at radius 2 is 2.30 bits per heavy atom. The van der Waals surface area contributed by atoms with Crippen LogP contribution >= 0.6 is 11.3 Å². The number of nitrogens with zero attached hydrogens (tertiary/aromatic N) is 3. The normalized spacial score (nSPS) is 17.8. The van der Waals surface area contributed by atoms with Crippen LogP contribution in [0.15, 0.2) is 29.9 Å². The first-order valence-electron chi connectivity index (χ1n) is 7.57. The molecular formula is C16H19N3O3S. The van der Waals surface area contributed by atoms with Crippen LogP contribution in [0.2, 0.25) is 0 Å². The minimum atomic E-state index is -0.0579. The Kier molecular flexibility index (Phi) is 5.07. The molecule has 1 fully saturated rings. The monoisotopic (exact) mass is 333 g/mol. The number of methoxy groups -OCH3 is 1. The van der Waals surface area contributed by atoms with E-state index in [1.807, 2.05) is 22.4 Å². The van der Waals surface area contributed by atoms with Gasteiger partial charge in [0.05, 0.1) is 32.5 Å². The Balaban J connectivity index is 1.58. The zero-order valence-corrected chi connectivity index (χ0v) is 13.8. The van der Waals surface area contributed by atoms with Gasteiger partial charge in [-0.1, -0.05) is 6.07 Å². The summed E-state index contributed by atoms with van der Waals surface area (Å²) < 4.78 is 10.9. The Bertz CT molecular complexity index is 648. The number of likely N-dealkylation sites (tertiary alicyclic amines) is 1. The highest BCUT2D eigenvalue weighted by molar-refractivity contribution is 7.10. The van der Waals surface area contributed by atoms with Crippen molar-refractivity contribution in [2.75, 3.05) is 20.2 Å². The number of ether oxygens (including phenoxy) is 2. The van der Waals surface area contributed by atoms with E-state index in [-0.39, 0.29) is 12.0 Å². The van der Waals surface area contributed by atoms with Gasteiger partial charge in [-0.25, -0.2) is 0 Å². The van der Waals surface area contributed by atoms with Crippen LogP contribution in [0.1, 0.15) is 17.7 Å². The number of carbonyl (C=O) groups excluding carboxylic acids is 1. The summed E-state index contributed by atoms with van der Waals surface area (Å²) in [4.78, 5) is 23.6. The van der Waals surface area contributed by atoms with Crippen molar-refractivity contribution < 1.29 is 14.3 Å². The molecule has 7 heteroatoms. The molecule has 0 aliphatic carbocycles. The summed E-state index contributed by atoms with van der Waals surface area (Å²) in [5.41, 5.74) is 0. The highest BCUT2D eigenvalue weighted by Crippen LogP contribution is 2.19. The zero-order valence-electron chi connectivity index (χ0n) is 13.0. The van der Waals surface area contributed by atoms with E-state index in [1.165, 1.54) is 6.20 Å². The van der Waals surface area contributed by atoms with Crippen molar-refractivity contribution in [1.82, 2.24) is 14.9 Å². The predicted molar refractivity (Wildman–Crippen MR) is 86.8 cm³/mol. The summed E-state index contributed by atoms with van der Waals surface area (Å²) in [6.07, 6.45) is 5.33. The molecule has 1 aliphatic heterocycles. The maximum Gasteiger partial charge on any atom is 0.235 e. The second kappa shape index (κ2) is 7.41. The van der Waals surface area contributed by atoms with E-state index in [1.54, 1.807) is 24.6 Å². The van der Waals surface area contributed by atoms with Crippen molar-refractivity contribution in [3.63, 3.8) is 0 Å². The molecule has 0 N–H and O–H groups in total. The highest BCUT2D eigenvalue weighted by Gasteiger charge is 2.25. The molecule has 0 spiro atoms. The van der Waals surface area contributed by atoms with Crippen molar-refractivity contribution in [3.8, 4) is 11.8 Å². The smallest absolute Gasteiger partial charge is 0.235 e. The Morgan fingerprint density at radius 1 is 1.43 bits per heavy atom. The summed E-state index contributed by atoms with van der Waals surface area (Å²) >= 11 is 1.61. The first-order valence-corrected chi connectivity index (χ1v) is 8.45. The number of thiophene rings is 1. The van der Waals surface area contributed by atoms with Gasteiger partial charge in [0.15, 0.2) is 0 Å². The molecule has 2 aromatic rings. The summed E-state index contributed by atoms with van der Waals surface area (Å²) in [6, 6.07) is 3.96. The molecule has 0 bridgehead atoms. The highest BCUT2D eigenvalue weighted by atomic mass is 32.1. The van der Waals surface area contributed by atoms with Crippen molar-refractivity contribution in [2.45, 2.75) is 25.4 Å². The molecule has 1 amide bonds. The average Bonchev–Trinajstić information content (AvgIpc) is 3.08. The third-order valence-corrected chi connectivity index (χ3v) is 4.60. The molecule has 3 rings (SSSR count). The standard InChI is InChI=1S/C16H19N3O3S/c1-21-14-9-17-10-15(18-14)22-12-4-2-6-19(11-12)16(20)8-13-5-3-7-23-13/h3,5,7,9-10,12H,2,4,6,8,11H2,1H3/t12-/m1/s1. The fourth-order valence-electron chi connectivity index (χ4n) is 2.59. The molecule has 6 nitrogen and oxygen atoms in total. The SMILES string of the molecule is COc1cncc(O[C@@H]2CCCN(C(=O)Cc3cccs3)C2)n1. The van der Waals surface area contributed by atoms with Gasteiger partial charge in [0, 0.05) is 11.4 Å². The van der Waals surface area contributed by atoms with Crippen LogP contribution in [0.3, 0.4) is 0 Å². The van der Waals surface area contributed by atoms with E-state index in [0.717, 1.165) is 24.3 Å². The van der Waals surface area contributed by atoms with Gasteiger partial charge in [-0.15, -0.1) is 11.3 Å². The molecule has 1 saturated heterocycles. The number of piperidine rings is 1. The van der Waals surface area contributed by atoms with E-state index in [9.17, 15) is 4.79 Å². The molecular weight excluding hydrogens is 314 g/mol. The maximum absolute atomic E-state index is 12.4. The molecule has 0 radical (unpaired) electrons. The second-order valence-corrected chi connectivity index (χ2v) is 6.41. The number of aromatic nitrogens is 2. The Hall–Kier alpha value is -2.15. The second-order valence-electron chi connectivity index (χ2n) is 5.38. The van der Waals surface area contributed by atoms with Crippen LogP contribution < -0.4 is 9.47 Å². The van der Waals surface area contributed by atoms with E-state index in [0.29, 0.717) is 24.7 Å². The summed E-state index contributed by atoms with van der Waals surface area (Å²) in [6.45, 7) is 1.37. The molecule has 122 valence electrons. The predicted octanol–water partition coefficient (Wildman–Crippen LogP) is 2.16. The molecule has 1 atom stereocenters. The topological polar surface area (TPSA) is 64.6 Å².